The Morgan fingerprint density at radius 3 is 2.36 bits per heavy atom. The topological polar surface area (TPSA) is 76.7 Å². The maximum absolute atomic E-state index is 12.1. The zero-order valence-electron chi connectivity index (χ0n) is 13.2. The van der Waals surface area contributed by atoms with E-state index < -0.39 is 10.0 Å². The quantitative estimate of drug-likeness (QED) is 0.623. The van der Waals surface area contributed by atoms with Gasteiger partial charge in [-0.3, -0.25) is 0 Å². The highest BCUT2D eigenvalue weighted by Gasteiger charge is 2.14. The molecule has 0 saturated carbocycles. The minimum atomic E-state index is -3.49. The average Bonchev–Trinajstić information content (AvgIpc) is 2.46. The fourth-order valence-electron chi connectivity index (χ4n) is 1.70. The molecule has 0 radical (unpaired) electrons. The Hall–Kier alpha value is -0.860. The number of benzene rings is 1. The number of nitrogens with one attached hydrogen (secondary N) is 2. The zero-order chi connectivity index (χ0) is 15.7. The summed E-state index contributed by atoms with van der Waals surface area (Å²) in [5, 5.41) is 3.15. The highest BCUT2D eigenvalue weighted by Crippen LogP contribution is 2.15. The SMILES string of the molecule is CCN[C@H](C)CNS(=O)(=O)c1ccc(OCCOC)cc1.Cl. The molecule has 8 heteroatoms. The van der Waals surface area contributed by atoms with Crippen molar-refractivity contribution in [2.24, 2.45) is 0 Å². The molecule has 0 aliphatic heterocycles. The number of ether oxygens (including phenoxy) is 2. The summed E-state index contributed by atoms with van der Waals surface area (Å²) in [6.45, 7) is 5.98. The maximum atomic E-state index is 12.1. The Bertz CT molecular complexity index is 508. The van der Waals surface area contributed by atoms with Gasteiger partial charge in [-0.15, -0.1) is 12.4 Å². The van der Waals surface area contributed by atoms with Gasteiger partial charge in [0.15, 0.2) is 0 Å². The van der Waals surface area contributed by atoms with Gasteiger partial charge >= 0.3 is 0 Å². The van der Waals surface area contributed by atoms with Gasteiger partial charge in [-0.2, -0.15) is 0 Å². The molecular formula is C14H25ClN2O4S. The Balaban J connectivity index is 0.00000441. The summed E-state index contributed by atoms with van der Waals surface area (Å²) in [6.07, 6.45) is 0. The lowest BCUT2D eigenvalue weighted by atomic mass is 10.3. The largest absolute Gasteiger partial charge is 0.491 e. The molecule has 0 aliphatic carbocycles. The van der Waals surface area contributed by atoms with E-state index in [-0.39, 0.29) is 23.3 Å². The van der Waals surface area contributed by atoms with Crippen LogP contribution in [0.3, 0.4) is 0 Å². The van der Waals surface area contributed by atoms with Crippen molar-refractivity contribution >= 4 is 22.4 Å². The van der Waals surface area contributed by atoms with Crippen LogP contribution in [0.15, 0.2) is 29.2 Å². The van der Waals surface area contributed by atoms with Crippen molar-refractivity contribution in [2.45, 2.75) is 24.8 Å². The highest BCUT2D eigenvalue weighted by atomic mass is 35.5. The van der Waals surface area contributed by atoms with Crippen LogP contribution in [0.25, 0.3) is 0 Å². The van der Waals surface area contributed by atoms with Crippen LogP contribution in [0.5, 0.6) is 5.75 Å². The molecule has 1 rings (SSSR count). The van der Waals surface area contributed by atoms with Gasteiger partial charge < -0.3 is 14.8 Å². The summed E-state index contributed by atoms with van der Waals surface area (Å²) < 4.78 is 37.1. The number of likely N-dealkylation sites (N-methyl/N-ethyl adjacent to an activating group) is 1. The predicted molar refractivity (Wildman–Crippen MR) is 89.4 cm³/mol. The van der Waals surface area contributed by atoms with Crippen molar-refractivity contribution in [3.05, 3.63) is 24.3 Å². The van der Waals surface area contributed by atoms with Gasteiger partial charge in [0.05, 0.1) is 11.5 Å². The van der Waals surface area contributed by atoms with Crippen LogP contribution in [-0.2, 0) is 14.8 Å². The normalized spacial score (nSPS) is 12.5. The standard InChI is InChI=1S/C14H24N2O4S.ClH/c1-4-15-12(2)11-16-21(17,18)14-7-5-13(6-8-14)20-10-9-19-3;/h5-8,12,15-16H,4,9-11H2,1-3H3;1H/t12-;/m1./s1. The fourth-order valence-corrected chi connectivity index (χ4v) is 2.83. The molecule has 128 valence electrons. The summed E-state index contributed by atoms with van der Waals surface area (Å²) in [5.41, 5.74) is 0. The first-order valence-electron chi connectivity index (χ1n) is 6.94. The molecule has 0 aromatic heterocycles. The number of hydrogen-bond acceptors (Lipinski definition) is 5. The number of hydrogen-bond donors (Lipinski definition) is 2. The molecule has 0 bridgehead atoms. The molecule has 0 unspecified atom stereocenters. The van der Waals surface area contributed by atoms with Crippen LogP contribution >= 0.6 is 12.4 Å². The summed E-state index contributed by atoms with van der Waals surface area (Å²) >= 11 is 0. The molecule has 2 N–H and O–H groups in total. The summed E-state index contributed by atoms with van der Waals surface area (Å²) in [7, 11) is -1.89. The maximum Gasteiger partial charge on any atom is 0.240 e. The first-order valence-corrected chi connectivity index (χ1v) is 8.42. The molecule has 1 atom stereocenters. The second-order valence-electron chi connectivity index (χ2n) is 4.62. The van der Waals surface area contributed by atoms with Crippen molar-refractivity contribution in [2.75, 3.05) is 33.4 Å². The summed E-state index contributed by atoms with van der Waals surface area (Å²) in [6, 6.07) is 6.42. The molecule has 1 aromatic carbocycles. The molecular weight excluding hydrogens is 328 g/mol. The van der Waals surface area contributed by atoms with E-state index >= 15 is 0 Å². The summed E-state index contributed by atoms with van der Waals surface area (Å²) in [5.74, 6) is 0.618. The van der Waals surface area contributed by atoms with Gasteiger partial charge in [-0.05, 0) is 37.7 Å². The van der Waals surface area contributed by atoms with E-state index in [9.17, 15) is 8.42 Å². The first kappa shape index (κ1) is 21.1. The molecule has 0 spiro atoms. The van der Waals surface area contributed by atoms with Crippen molar-refractivity contribution in [1.29, 1.82) is 0 Å². The number of rotatable bonds is 10. The number of halogens is 1. The van der Waals surface area contributed by atoms with Crippen molar-refractivity contribution in [3.8, 4) is 5.75 Å². The van der Waals surface area contributed by atoms with Crippen molar-refractivity contribution in [3.63, 3.8) is 0 Å². The van der Waals surface area contributed by atoms with E-state index in [2.05, 4.69) is 10.0 Å². The van der Waals surface area contributed by atoms with Gasteiger partial charge in [-0.25, -0.2) is 13.1 Å². The minimum Gasteiger partial charge on any atom is -0.491 e. The third kappa shape index (κ3) is 7.42. The zero-order valence-corrected chi connectivity index (χ0v) is 14.8. The molecule has 6 nitrogen and oxygen atoms in total. The molecule has 0 amide bonds. The van der Waals surface area contributed by atoms with Gasteiger partial charge in [0.2, 0.25) is 10.0 Å². The Labute approximate surface area is 139 Å². The van der Waals surface area contributed by atoms with E-state index in [0.717, 1.165) is 6.54 Å². The minimum absolute atomic E-state index is 0. The molecule has 0 aliphatic rings. The van der Waals surface area contributed by atoms with E-state index in [0.29, 0.717) is 25.5 Å². The van der Waals surface area contributed by atoms with Crippen LogP contribution < -0.4 is 14.8 Å². The lowest BCUT2D eigenvalue weighted by Gasteiger charge is -2.13. The van der Waals surface area contributed by atoms with Crippen LogP contribution in [0.1, 0.15) is 13.8 Å². The number of sulfonamides is 1. The molecule has 0 heterocycles. The van der Waals surface area contributed by atoms with Crippen LogP contribution in [0, 0.1) is 0 Å². The van der Waals surface area contributed by atoms with Gasteiger partial charge in [0.25, 0.3) is 0 Å². The highest BCUT2D eigenvalue weighted by molar-refractivity contribution is 7.89. The van der Waals surface area contributed by atoms with Gasteiger partial charge in [0, 0.05) is 19.7 Å². The molecule has 0 fully saturated rings. The van der Waals surface area contributed by atoms with Crippen molar-refractivity contribution in [1.82, 2.24) is 10.0 Å². The van der Waals surface area contributed by atoms with E-state index in [4.69, 9.17) is 9.47 Å². The van der Waals surface area contributed by atoms with E-state index in [1.54, 1.807) is 19.2 Å². The first-order chi connectivity index (χ1) is 9.99. The lowest BCUT2D eigenvalue weighted by Crippen LogP contribution is -2.38. The smallest absolute Gasteiger partial charge is 0.240 e. The monoisotopic (exact) mass is 352 g/mol. The molecule has 0 saturated heterocycles. The Morgan fingerprint density at radius 2 is 1.82 bits per heavy atom. The number of methoxy groups -OCH3 is 1. The van der Waals surface area contributed by atoms with Crippen LogP contribution in [0.2, 0.25) is 0 Å². The lowest BCUT2D eigenvalue weighted by molar-refractivity contribution is 0.146. The second-order valence-corrected chi connectivity index (χ2v) is 6.39. The van der Waals surface area contributed by atoms with Gasteiger partial charge in [0.1, 0.15) is 12.4 Å². The molecule has 1 aromatic rings. The Kier molecular flexibility index (Phi) is 10.4. The average molecular weight is 353 g/mol. The van der Waals surface area contributed by atoms with E-state index in [1.807, 2.05) is 13.8 Å². The second kappa shape index (κ2) is 10.8. The van der Waals surface area contributed by atoms with Gasteiger partial charge in [-0.1, -0.05) is 6.92 Å². The predicted octanol–water partition coefficient (Wildman–Crippen LogP) is 1.41. The van der Waals surface area contributed by atoms with Crippen LogP contribution in [0.4, 0.5) is 0 Å². The van der Waals surface area contributed by atoms with E-state index in [1.165, 1.54) is 12.1 Å². The third-order valence-corrected chi connectivity index (χ3v) is 4.26. The Morgan fingerprint density at radius 1 is 1.18 bits per heavy atom. The molecule has 22 heavy (non-hydrogen) atoms. The van der Waals surface area contributed by atoms with Crippen molar-refractivity contribution < 1.29 is 17.9 Å². The fraction of sp³-hybridized carbons (Fsp3) is 0.571. The van der Waals surface area contributed by atoms with Crippen LogP contribution in [-0.4, -0.2) is 47.9 Å². The summed E-state index contributed by atoms with van der Waals surface area (Å²) in [4.78, 5) is 0.227. The third-order valence-electron chi connectivity index (χ3n) is 2.82.